The smallest absolute Gasteiger partial charge is 0.358 e. The third-order valence-electron chi connectivity index (χ3n) is 3.08. The Hall–Kier alpha value is -1.63. The van der Waals surface area contributed by atoms with E-state index in [4.69, 9.17) is 5.73 Å². The summed E-state index contributed by atoms with van der Waals surface area (Å²) >= 11 is 0. The predicted molar refractivity (Wildman–Crippen MR) is 70.6 cm³/mol. The van der Waals surface area contributed by atoms with Crippen LogP contribution >= 0.6 is 0 Å². The molecule has 0 amide bonds. The first-order valence-electron chi connectivity index (χ1n) is 5.97. The lowest BCUT2D eigenvalue weighted by molar-refractivity contribution is -0.388. The molecule has 7 heteroatoms. The van der Waals surface area contributed by atoms with Crippen molar-refractivity contribution in [3.05, 3.63) is 16.4 Å². The number of imidazole rings is 1. The Balaban J connectivity index is 2.75. The zero-order valence-corrected chi connectivity index (χ0v) is 11.3. The highest BCUT2D eigenvalue weighted by molar-refractivity contribution is 5.53. The van der Waals surface area contributed by atoms with E-state index in [1.807, 2.05) is 11.9 Å². The number of hydrogen-bond acceptors (Lipinski definition) is 5. The monoisotopic (exact) mass is 255 g/mol. The number of nitrogens with two attached hydrogens (primary N) is 1. The van der Waals surface area contributed by atoms with Crippen LogP contribution in [0.5, 0.6) is 0 Å². The van der Waals surface area contributed by atoms with Crippen LogP contribution < -0.4 is 10.6 Å². The van der Waals surface area contributed by atoms with Gasteiger partial charge in [-0.15, -0.1) is 0 Å². The molecule has 102 valence electrons. The number of aryl methyl sites for hydroxylation is 1. The third-order valence-corrected chi connectivity index (χ3v) is 3.08. The number of anilines is 1. The highest BCUT2D eigenvalue weighted by Gasteiger charge is 2.23. The maximum Gasteiger partial charge on any atom is 0.406 e. The van der Waals surface area contributed by atoms with Crippen molar-refractivity contribution in [3.63, 3.8) is 0 Å². The molecule has 0 radical (unpaired) electrons. The molecule has 0 aliphatic heterocycles. The van der Waals surface area contributed by atoms with Gasteiger partial charge in [0.05, 0.1) is 0 Å². The molecule has 1 aromatic rings. The lowest BCUT2D eigenvalue weighted by Crippen LogP contribution is -2.32. The quantitative estimate of drug-likeness (QED) is 0.608. The highest BCUT2D eigenvalue weighted by Crippen LogP contribution is 2.24. The molecule has 0 saturated heterocycles. The highest BCUT2D eigenvalue weighted by atomic mass is 16.6. The zero-order chi connectivity index (χ0) is 13.9. The minimum atomic E-state index is -0.464. The van der Waals surface area contributed by atoms with Gasteiger partial charge in [-0.25, -0.2) is 0 Å². The topological polar surface area (TPSA) is 90.2 Å². The van der Waals surface area contributed by atoms with Crippen molar-refractivity contribution < 1.29 is 4.92 Å². The standard InChI is InChI=1S/C11H21N5O2/c1-8(2)9(12)5-6-14(3)11-10(16(17)18)13-7-15(11)4/h7-9H,5-6,12H2,1-4H3. The lowest BCUT2D eigenvalue weighted by Gasteiger charge is -2.22. The number of rotatable bonds is 6. The molecule has 0 spiro atoms. The average molecular weight is 255 g/mol. The Morgan fingerprint density at radius 3 is 2.72 bits per heavy atom. The Morgan fingerprint density at radius 2 is 2.22 bits per heavy atom. The fourth-order valence-corrected chi connectivity index (χ4v) is 1.76. The number of nitro groups is 1. The summed E-state index contributed by atoms with van der Waals surface area (Å²) in [6.07, 6.45) is 2.24. The molecular formula is C11H21N5O2. The molecular weight excluding hydrogens is 234 g/mol. The second kappa shape index (κ2) is 5.81. The summed E-state index contributed by atoms with van der Waals surface area (Å²) in [6.45, 7) is 4.80. The predicted octanol–water partition coefficient (Wildman–Crippen LogP) is 1.14. The number of hydrogen-bond donors (Lipinski definition) is 1. The van der Waals surface area contributed by atoms with E-state index in [1.54, 1.807) is 11.6 Å². The second-order valence-corrected chi connectivity index (χ2v) is 4.88. The van der Waals surface area contributed by atoms with Crippen LogP contribution in [-0.4, -0.2) is 34.1 Å². The summed E-state index contributed by atoms with van der Waals surface area (Å²) in [5, 5.41) is 10.9. The fraction of sp³-hybridized carbons (Fsp3) is 0.727. The van der Waals surface area contributed by atoms with Crippen LogP contribution in [-0.2, 0) is 7.05 Å². The Morgan fingerprint density at radius 1 is 1.61 bits per heavy atom. The first-order valence-corrected chi connectivity index (χ1v) is 5.97. The van der Waals surface area contributed by atoms with E-state index in [1.165, 1.54) is 6.33 Å². The van der Waals surface area contributed by atoms with Crippen molar-refractivity contribution in [1.82, 2.24) is 9.55 Å². The summed E-state index contributed by atoms with van der Waals surface area (Å²) < 4.78 is 1.65. The van der Waals surface area contributed by atoms with Gasteiger partial charge in [0.25, 0.3) is 0 Å². The molecule has 2 N–H and O–H groups in total. The molecule has 1 aromatic heterocycles. The first kappa shape index (κ1) is 14.4. The summed E-state index contributed by atoms with van der Waals surface area (Å²) in [7, 11) is 3.56. The van der Waals surface area contributed by atoms with Gasteiger partial charge in [-0.1, -0.05) is 13.8 Å². The third kappa shape index (κ3) is 3.19. The van der Waals surface area contributed by atoms with Crippen molar-refractivity contribution in [2.24, 2.45) is 18.7 Å². The summed E-state index contributed by atoms with van der Waals surface area (Å²) in [4.78, 5) is 16.0. The molecule has 7 nitrogen and oxygen atoms in total. The summed E-state index contributed by atoms with van der Waals surface area (Å²) in [6, 6.07) is 0.0970. The van der Waals surface area contributed by atoms with E-state index >= 15 is 0 Å². The molecule has 1 heterocycles. The van der Waals surface area contributed by atoms with Crippen LogP contribution in [0.3, 0.4) is 0 Å². The van der Waals surface area contributed by atoms with E-state index in [-0.39, 0.29) is 11.9 Å². The van der Waals surface area contributed by atoms with E-state index in [0.29, 0.717) is 18.3 Å². The Kier molecular flexibility index (Phi) is 4.66. The van der Waals surface area contributed by atoms with Crippen molar-refractivity contribution in [1.29, 1.82) is 0 Å². The van der Waals surface area contributed by atoms with Gasteiger partial charge in [0.1, 0.15) is 0 Å². The number of aromatic nitrogens is 2. The van der Waals surface area contributed by atoms with Gasteiger partial charge in [0, 0.05) is 26.7 Å². The lowest BCUT2D eigenvalue weighted by atomic mass is 10.0. The fourth-order valence-electron chi connectivity index (χ4n) is 1.76. The van der Waals surface area contributed by atoms with Gasteiger partial charge in [-0.2, -0.15) is 0 Å². The SMILES string of the molecule is CC(C)C(N)CCN(C)c1c([N+](=O)[O-])ncn1C. The van der Waals surface area contributed by atoms with E-state index < -0.39 is 4.92 Å². The van der Waals surface area contributed by atoms with Crippen LogP contribution in [0.2, 0.25) is 0 Å². The molecule has 1 atom stereocenters. The molecule has 0 saturated carbocycles. The van der Waals surface area contributed by atoms with Crippen LogP contribution in [0.1, 0.15) is 20.3 Å². The molecule has 0 fully saturated rings. The minimum absolute atomic E-state index is 0.0970. The largest absolute Gasteiger partial charge is 0.406 e. The summed E-state index contributed by atoms with van der Waals surface area (Å²) in [5.41, 5.74) is 5.97. The van der Waals surface area contributed by atoms with Gasteiger partial charge in [-0.3, -0.25) is 4.57 Å². The molecule has 0 aliphatic rings. The van der Waals surface area contributed by atoms with Crippen molar-refractivity contribution in [3.8, 4) is 0 Å². The summed E-state index contributed by atoms with van der Waals surface area (Å²) in [5.74, 6) is 0.800. The molecule has 1 rings (SSSR count). The maximum atomic E-state index is 10.9. The van der Waals surface area contributed by atoms with E-state index in [9.17, 15) is 10.1 Å². The van der Waals surface area contributed by atoms with Crippen LogP contribution in [0.15, 0.2) is 6.33 Å². The molecule has 0 aromatic carbocycles. The zero-order valence-electron chi connectivity index (χ0n) is 11.3. The molecule has 0 aliphatic carbocycles. The van der Waals surface area contributed by atoms with Crippen molar-refractivity contribution in [2.75, 3.05) is 18.5 Å². The second-order valence-electron chi connectivity index (χ2n) is 4.88. The normalized spacial score (nSPS) is 12.8. The first-order chi connectivity index (χ1) is 8.34. The van der Waals surface area contributed by atoms with Gasteiger partial charge in [-0.05, 0) is 22.2 Å². The van der Waals surface area contributed by atoms with Crippen LogP contribution in [0.25, 0.3) is 0 Å². The van der Waals surface area contributed by atoms with E-state index in [2.05, 4.69) is 18.8 Å². The van der Waals surface area contributed by atoms with Crippen LogP contribution in [0, 0.1) is 16.0 Å². The average Bonchev–Trinajstić information content (AvgIpc) is 2.67. The van der Waals surface area contributed by atoms with Crippen molar-refractivity contribution in [2.45, 2.75) is 26.3 Å². The maximum absolute atomic E-state index is 10.9. The Labute approximate surface area is 107 Å². The van der Waals surface area contributed by atoms with E-state index in [0.717, 1.165) is 6.42 Å². The minimum Gasteiger partial charge on any atom is -0.358 e. The molecule has 1 unspecified atom stereocenters. The molecule has 18 heavy (non-hydrogen) atoms. The van der Waals surface area contributed by atoms with Gasteiger partial charge >= 0.3 is 5.82 Å². The van der Waals surface area contributed by atoms with Crippen molar-refractivity contribution >= 4 is 11.6 Å². The van der Waals surface area contributed by atoms with Gasteiger partial charge < -0.3 is 20.7 Å². The van der Waals surface area contributed by atoms with Gasteiger partial charge in [0.15, 0.2) is 0 Å². The number of nitrogens with zero attached hydrogens (tertiary/aromatic N) is 4. The molecule has 0 bridgehead atoms. The van der Waals surface area contributed by atoms with Gasteiger partial charge in [0.2, 0.25) is 12.1 Å². The Bertz CT molecular complexity index is 416. The van der Waals surface area contributed by atoms with Crippen LogP contribution in [0.4, 0.5) is 11.6 Å².